The second-order valence-corrected chi connectivity index (χ2v) is 5.80. The fraction of sp³-hybridized carbons (Fsp3) is 0.364. The molecule has 0 fully saturated rings. The van der Waals surface area contributed by atoms with E-state index in [0.717, 1.165) is 6.26 Å². The number of Topliss-reactive ketones (excluding diaryl/α,β-unsaturated/α-hetero) is 1. The maximum Gasteiger partial charge on any atom is 0.232 e. The van der Waals surface area contributed by atoms with E-state index in [1.807, 2.05) is 0 Å². The molecule has 0 aliphatic carbocycles. The minimum absolute atomic E-state index is 0.0393. The summed E-state index contributed by atoms with van der Waals surface area (Å²) in [5.74, 6) is 0.495. The van der Waals surface area contributed by atoms with Gasteiger partial charge in [-0.1, -0.05) is 0 Å². The molecular weight excluding hydrogens is 242 g/mol. The van der Waals surface area contributed by atoms with E-state index < -0.39 is 10.0 Å². The fourth-order valence-corrected chi connectivity index (χ4v) is 2.81. The molecule has 2 rings (SSSR count). The van der Waals surface area contributed by atoms with E-state index in [0.29, 0.717) is 17.0 Å². The van der Waals surface area contributed by atoms with Gasteiger partial charge in [0.1, 0.15) is 5.75 Å². The molecule has 0 bridgehead atoms. The Hall–Kier alpha value is -1.56. The molecule has 1 heterocycles. The summed E-state index contributed by atoms with van der Waals surface area (Å²) < 4.78 is 29.5. The molecule has 0 aromatic heterocycles. The van der Waals surface area contributed by atoms with Crippen molar-refractivity contribution in [1.82, 2.24) is 0 Å². The molecular formula is C11H13NO4S. The number of anilines is 1. The minimum Gasteiger partial charge on any atom is -0.497 e. The van der Waals surface area contributed by atoms with Gasteiger partial charge in [-0.3, -0.25) is 9.10 Å². The molecule has 92 valence electrons. The molecule has 0 saturated carbocycles. The number of carbonyl (C=O) groups excluding carboxylic acids is 1. The molecule has 1 aliphatic heterocycles. The zero-order valence-electron chi connectivity index (χ0n) is 9.63. The van der Waals surface area contributed by atoms with Crippen LogP contribution in [0.2, 0.25) is 0 Å². The standard InChI is InChI=1S/C11H13NO4S/c1-16-8-3-4-9-10(7-8)12(17(2,14)15)6-5-11(9)13/h3-4,7H,5-6H2,1-2H3. The Morgan fingerprint density at radius 3 is 2.65 bits per heavy atom. The molecule has 1 aliphatic rings. The first kappa shape index (κ1) is 11.9. The van der Waals surface area contributed by atoms with Gasteiger partial charge in [0, 0.05) is 24.6 Å². The third-order valence-corrected chi connectivity index (χ3v) is 3.90. The number of methoxy groups -OCH3 is 1. The number of carbonyl (C=O) groups is 1. The summed E-state index contributed by atoms with van der Waals surface area (Å²) in [6.45, 7) is 0.192. The van der Waals surface area contributed by atoms with Gasteiger partial charge in [0.15, 0.2) is 5.78 Å². The molecule has 17 heavy (non-hydrogen) atoms. The molecule has 0 atom stereocenters. The third kappa shape index (κ3) is 2.12. The van der Waals surface area contributed by atoms with Crippen LogP contribution in [0.1, 0.15) is 16.8 Å². The van der Waals surface area contributed by atoms with Gasteiger partial charge < -0.3 is 4.74 Å². The number of nitrogens with zero attached hydrogens (tertiary/aromatic N) is 1. The van der Waals surface area contributed by atoms with Crippen molar-refractivity contribution >= 4 is 21.5 Å². The molecule has 1 aromatic rings. The zero-order valence-corrected chi connectivity index (χ0v) is 10.5. The summed E-state index contributed by atoms with van der Waals surface area (Å²) in [6, 6.07) is 4.84. The van der Waals surface area contributed by atoms with Gasteiger partial charge in [-0.15, -0.1) is 0 Å². The van der Waals surface area contributed by atoms with Gasteiger partial charge in [0.05, 0.1) is 19.1 Å². The first-order valence-corrected chi connectivity index (χ1v) is 6.97. The van der Waals surface area contributed by atoms with E-state index in [9.17, 15) is 13.2 Å². The molecule has 0 N–H and O–H groups in total. The van der Waals surface area contributed by atoms with Crippen LogP contribution in [0, 0.1) is 0 Å². The van der Waals surface area contributed by atoms with Crippen LogP contribution in [0.3, 0.4) is 0 Å². The molecule has 1 aromatic carbocycles. The number of sulfonamides is 1. The normalized spacial score (nSPS) is 15.6. The second-order valence-electron chi connectivity index (χ2n) is 3.89. The van der Waals surface area contributed by atoms with Crippen molar-refractivity contribution in [3.63, 3.8) is 0 Å². The highest BCUT2D eigenvalue weighted by molar-refractivity contribution is 7.92. The lowest BCUT2D eigenvalue weighted by atomic mass is 10.0. The maximum atomic E-state index is 11.7. The lowest BCUT2D eigenvalue weighted by Gasteiger charge is -2.28. The monoisotopic (exact) mass is 255 g/mol. The van der Waals surface area contributed by atoms with Crippen molar-refractivity contribution in [1.29, 1.82) is 0 Å². The summed E-state index contributed by atoms with van der Waals surface area (Å²) >= 11 is 0. The molecule has 0 unspecified atom stereocenters. The molecule has 0 radical (unpaired) electrons. The molecule has 0 spiro atoms. The highest BCUT2D eigenvalue weighted by atomic mass is 32.2. The van der Waals surface area contributed by atoms with Crippen molar-refractivity contribution in [3.8, 4) is 5.75 Å². The number of hydrogen-bond donors (Lipinski definition) is 0. The van der Waals surface area contributed by atoms with E-state index in [4.69, 9.17) is 4.74 Å². The predicted octanol–water partition coefficient (Wildman–Crippen LogP) is 1.05. The van der Waals surface area contributed by atoms with Crippen molar-refractivity contribution in [3.05, 3.63) is 23.8 Å². The van der Waals surface area contributed by atoms with Gasteiger partial charge in [0.2, 0.25) is 10.0 Å². The Kier molecular flexibility index (Phi) is 2.82. The van der Waals surface area contributed by atoms with Gasteiger partial charge in [-0.05, 0) is 12.1 Å². The average molecular weight is 255 g/mol. The predicted molar refractivity (Wildman–Crippen MR) is 64.1 cm³/mol. The highest BCUT2D eigenvalue weighted by Gasteiger charge is 2.28. The van der Waals surface area contributed by atoms with Gasteiger partial charge in [0.25, 0.3) is 0 Å². The number of fused-ring (bicyclic) bond motifs is 1. The molecule has 6 heteroatoms. The summed E-state index contributed by atoms with van der Waals surface area (Å²) in [4.78, 5) is 11.7. The minimum atomic E-state index is -3.36. The van der Waals surface area contributed by atoms with Crippen molar-refractivity contribution < 1.29 is 17.9 Å². The van der Waals surface area contributed by atoms with Crippen LogP contribution in [-0.2, 0) is 10.0 Å². The van der Waals surface area contributed by atoms with Gasteiger partial charge in [-0.2, -0.15) is 0 Å². The highest BCUT2D eigenvalue weighted by Crippen LogP contribution is 2.32. The van der Waals surface area contributed by atoms with E-state index >= 15 is 0 Å². The van der Waals surface area contributed by atoms with E-state index in [1.54, 1.807) is 18.2 Å². The zero-order chi connectivity index (χ0) is 12.6. The molecule has 0 saturated heterocycles. The summed E-state index contributed by atoms with van der Waals surface area (Å²) in [5, 5.41) is 0. The van der Waals surface area contributed by atoms with Crippen molar-refractivity contribution in [2.45, 2.75) is 6.42 Å². The van der Waals surface area contributed by atoms with Crippen LogP contribution in [0.25, 0.3) is 0 Å². The van der Waals surface area contributed by atoms with Crippen molar-refractivity contribution in [2.75, 3.05) is 24.2 Å². The number of ketones is 1. The SMILES string of the molecule is COc1ccc2c(c1)N(S(C)(=O)=O)CCC2=O. The Bertz CT molecular complexity index is 565. The number of hydrogen-bond acceptors (Lipinski definition) is 4. The Morgan fingerprint density at radius 2 is 2.06 bits per heavy atom. The summed E-state index contributed by atoms with van der Waals surface area (Å²) in [5.41, 5.74) is 0.838. The number of benzene rings is 1. The Labute approximate surface area is 100 Å². The van der Waals surface area contributed by atoms with Crippen LogP contribution in [0.4, 0.5) is 5.69 Å². The third-order valence-electron chi connectivity index (χ3n) is 2.72. The van der Waals surface area contributed by atoms with Crippen LogP contribution in [0.15, 0.2) is 18.2 Å². The Balaban J connectivity index is 2.60. The van der Waals surface area contributed by atoms with E-state index in [1.165, 1.54) is 11.4 Å². The van der Waals surface area contributed by atoms with Crippen LogP contribution >= 0.6 is 0 Å². The average Bonchev–Trinajstić information content (AvgIpc) is 2.27. The quantitative estimate of drug-likeness (QED) is 0.792. The molecule has 5 nitrogen and oxygen atoms in total. The van der Waals surface area contributed by atoms with Crippen LogP contribution < -0.4 is 9.04 Å². The summed E-state index contributed by atoms with van der Waals surface area (Å²) in [7, 11) is -1.86. The fourth-order valence-electron chi connectivity index (χ4n) is 1.88. The van der Waals surface area contributed by atoms with Gasteiger partial charge >= 0.3 is 0 Å². The van der Waals surface area contributed by atoms with E-state index in [2.05, 4.69) is 0 Å². The smallest absolute Gasteiger partial charge is 0.232 e. The first-order chi connectivity index (χ1) is 7.93. The van der Waals surface area contributed by atoms with Crippen LogP contribution in [0.5, 0.6) is 5.75 Å². The van der Waals surface area contributed by atoms with Gasteiger partial charge in [-0.25, -0.2) is 8.42 Å². The lowest BCUT2D eigenvalue weighted by molar-refractivity contribution is 0.0982. The topological polar surface area (TPSA) is 63.7 Å². The first-order valence-electron chi connectivity index (χ1n) is 5.12. The van der Waals surface area contributed by atoms with Crippen LogP contribution in [-0.4, -0.2) is 34.1 Å². The van der Waals surface area contributed by atoms with Crippen molar-refractivity contribution in [2.24, 2.45) is 0 Å². The summed E-state index contributed by atoms with van der Waals surface area (Å²) in [6.07, 6.45) is 1.35. The largest absolute Gasteiger partial charge is 0.497 e. The maximum absolute atomic E-state index is 11.7. The lowest BCUT2D eigenvalue weighted by Crippen LogP contribution is -2.36. The molecule has 0 amide bonds. The van der Waals surface area contributed by atoms with E-state index in [-0.39, 0.29) is 18.7 Å². The number of rotatable bonds is 2. The number of ether oxygens (including phenoxy) is 1. The Morgan fingerprint density at radius 1 is 1.35 bits per heavy atom. The second kappa shape index (κ2) is 4.03.